The zero-order valence-electron chi connectivity index (χ0n) is 8.03. The van der Waals surface area contributed by atoms with Crippen LogP contribution < -0.4 is 0 Å². The van der Waals surface area contributed by atoms with Gasteiger partial charge in [-0.1, -0.05) is 22.9 Å². The number of alkyl halides is 3. The summed E-state index contributed by atoms with van der Waals surface area (Å²) in [6, 6.07) is 0. The van der Waals surface area contributed by atoms with Crippen LogP contribution in [0.4, 0.5) is 0 Å². The molecule has 0 aromatic heterocycles. The van der Waals surface area contributed by atoms with Gasteiger partial charge in [0.25, 0.3) is 0 Å². The summed E-state index contributed by atoms with van der Waals surface area (Å²) in [5.41, 5.74) is -0.409. The summed E-state index contributed by atoms with van der Waals surface area (Å²) < 4.78 is 0. The summed E-state index contributed by atoms with van der Waals surface area (Å²) in [6.45, 7) is 2.14. The first-order valence-corrected chi connectivity index (χ1v) is 6.93. The van der Waals surface area contributed by atoms with Crippen LogP contribution in [-0.4, -0.2) is 22.4 Å². The van der Waals surface area contributed by atoms with Crippen LogP contribution in [0.2, 0.25) is 0 Å². The molecule has 2 aliphatic rings. The molecule has 4 atom stereocenters. The van der Waals surface area contributed by atoms with Gasteiger partial charge in [-0.15, -0.1) is 23.2 Å². The Morgan fingerprint density at radius 2 is 2.29 bits per heavy atom. The average molecular weight is 300 g/mol. The van der Waals surface area contributed by atoms with Crippen molar-refractivity contribution in [3.8, 4) is 0 Å². The highest BCUT2D eigenvalue weighted by atomic mass is 79.9. The topological polar surface area (TPSA) is 17.1 Å². The van der Waals surface area contributed by atoms with Gasteiger partial charge in [0.05, 0.1) is 10.8 Å². The van der Waals surface area contributed by atoms with Crippen LogP contribution in [0.1, 0.15) is 19.8 Å². The maximum Gasteiger partial charge on any atom is 0.158 e. The van der Waals surface area contributed by atoms with Gasteiger partial charge in [-0.3, -0.25) is 4.79 Å². The van der Waals surface area contributed by atoms with Crippen LogP contribution >= 0.6 is 39.1 Å². The first-order chi connectivity index (χ1) is 6.53. The Bertz CT molecular complexity index is 283. The van der Waals surface area contributed by atoms with Crippen molar-refractivity contribution in [1.82, 2.24) is 0 Å². The third kappa shape index (κ3) is 1.01. The number of carbonyl (C=O) groups excluding carboxylic acids is 1. The number of Topliss-reactive ketones (excluding diaryl/α,β-unsaturated/α-hetero) is 1. The minimum atomic E-state index is -0.366. The van der Waals surface area contributed by atoms with Gasteiger partial charge in [0, 0.05) is 11.2 Å². The Balaban J connectivity index is 2.50. The fourth-order valence-electron chi connectivity index (χ4n) is 3.19. The monoisotopic (exact) mass is 298 g/mol. The molecule has 14 heavy (non-hydrogen) atoms. The lowest BCUT2D eigenvalue weighted by Gasteiger charge is -2.36. The maximum atomic E-state index is 12.1. The van der Waals surface area contributed by atoms with Gasteiger partial charge < -0.3 is 0 Å². The van der Waals surface area contributed by atoms with Gasteiger partial charge >= 0.3 is 0 Å². The first kappa shape index (κ1) is 11.2. The van der Waals surface area contributed by atoms with E-state index in [1.165, 1.54) is 0 Å². The number of carbonyl (C=O) groups is 1. The summed E-state index contributed by atoms with van der Waals surface area (Å²) in [6.07, 6.45) is 1.94. The third-order valence-electron chi connectivity index (χ3n) is 4.37. The summed E-state index contributed by atoms with van der Waals surface area (Å²) in [7, 11) is 0. The zero-order chi connectivity index (χ0) is 10.6. The van der Waals surface area contributed by atoms with E-state index in [-0.39, 0.29) is 22.0 Å². The molecule has 80 valence electrons. The fraction of sp³-hybridized carbons (Fsp3) is 0.900. The Hall–Kier alpha value is 0.730. The van der Waals surface area contributed by atoms with Crippen molar-refractivity contribution >= 4 is 44.9 Å². The third-order valence-corrected chi connectivity index (χ3v) is 6.50. The number of rotatable bonds is 2. The second-order valence-corrected chi connectivity index (χ2v) is 5.98. The number of hydrogen-bond donors (Lipinski definition) is 0. The molecule has 1 nitrogen and oxygen atoms in total. The van der Waals surface area contributed by atoms with E-state index in [0.717, 1.165) is 18.2 Å². The van der Waals surface area contributed by atoms with Gasteiger partial charge in [0.1, 0.15) is 0 Å². The van der Waals surface area contributed by atoms with Crippen molar-refractivity contribution in [2.24, 2.45) is 16.7 Å². The minimum Gasteiger partial charge on any atom is -0.297 e. The van der Waals surface area contributed by atoms with Crippen LogP contribution in [0.15, 0.2) is 0 Å². The fourth-order valence-corrected chi connectivity index (χ4v) is 5.33. The molecule has 2 fully saturated rings. The van der Waals surface area contributed by atoms with E-state index in [9.17, 15) is 4.79 Å². The second-order valence-electron chi connectivity index (χ2n) is 4.68. The van der Waals surface area contributed by atoms with Crippen molar-refractivity contribution in [3.63, 3.8) is 0 Å². The lowest BCUT2D eigenvalue weighted by molar-refractivity contribution is -0.127. The first-order valence-electron chi connectivity index (χ1n) is 4.84. The molecule has 0 heterocycles. The van der Waals surface area contributed by atoms with E-state index in [1.807, 2.05) is 0 Å². The Labute approximate surface area is 103 Å². The molecule has 0 N–H and O–H groups in total. The van der Waals surface area contributed by atoms with E-state index < -0.39 is 0 Å². The van der Waals surface area contributed by atoms with Gasteiger partial charge in [-0.25, -0.2) is 0 Å². The Morgan fingerprint density at radius 3 is 2.71 bits per heavy atom. The minimum absolute atomic E-state index is 0.0434. The molecule has 0 saturated heterocycles. The van der Waals surface area contributed by atoms with Crippen molar-refractivity contribution in [3.05, 3.63) is 0 Å². The van der Waals surface area contributed by atoms with Crippen LogP contribution in [0.3, 0.4) is 0 Å². The molecule has 2 rings (SSSR count). The molecule has 0 amide bonds. The Morgan fingerprint density at radius 1 is 1.64 bits per heavy atom. The van der Waals surface area contributed by atoms with E-state index >= 15 is 0 Å². The van der Waals surface area contributed by atoms with E-state index in [2.05, 4.69) is 22.9 Å². The van der Waals surface area contributed by atoms with Crippen LogP contribution in [0.25, 0.3) is 0 Å². The zero-order valence-corrected chi connectivity index (χ0v) is 11.1. The van der Waals surface area contributed by atoms with Crippen molar-refractivity contribution in [2.45, 2.75) is 25.1 Å². The van der Waals surface area contributed by atoms with E-state index in [4.69, 9.17) is 23.2 Å². The molecular formula is C10H13BrCl2O. The summed E-state index contributed by atoms with van der Waals surface area (Å²) >= 11 is 15.7. The molecule has 2 saturated carbocycles. The van der Waals surface area contributed by atoms with Gasteiger partial charge in [0.2, 0.25) is 0 Å². The molecule has 2 aliphatic carbocycles. The predicted molar refractivity (Wildman–Crippen MR) is 62.4 cm³/mol. The lowest BCUT2D eigenvalue weighted by atomic mass is 9.70. The molecule has 0 aromatic carbocycles. The van der Waals surface area contributed by atoms with Gasteiger partial charge in [-0.2, -0.15) is 0 Å². The number of halogens is 3. The molecule has 0 aromatic rings. The highest BCUT2D eigenvalue weighted by Crippen LogP contribution is 2.66. The lowest BCUT2D eigenvalue weighted by Crippen LogP contribution is -2.41. The van der Waals surface area contributed by atoms with Crippen LogP contribution in [-0.2, 0) is 4.79 Å². The number of fused-ring (bicyclic) bond motifs is 2. The predicted octanol–water partition coefficient (Wildman–Crippen LogP) is 3.21. The van der Waals surface area contributed by atoms with E-state index in [1.54, 1.807) is 0 Å². The Kier molecular flexibility index (Phi) is 2.69. The average Bonchev–Trinajstić information content (AvgIpc) is 2.57. The van der Waals surface area contributed by atoms with Crippen LogP contribution in [0, 0.1) is 16.7 Å². The van der Waals surface area contributed by atoms with Gasteiger partial charge in [-0.05, 0) is 24.2 Å². The summed E-state index contributed by atoms with van der Waals surface area (Å²) in [5, 5.41) is 0.497. The summed E-state index contributed by atoms with van der Waals surface area (Å²) in [5.74, 6) is 0.885. The van der Waals surface area contributed by atoms with Gasteiger partial charge in [0.15, 0.2) is 5.78 Å². The standard InChI is InChI=1S/C10H13BrCl2O/c1-9(4-11)6-2-3-10(9,5-12)8(14)7(6)13/h6-7H,2-5H2,1H3. The summed E-state index contributed by atoms with van der Waals surface area (Å²) in [4.78, 5) is 12.1. The van der Waals surface area contributed by atoms with Crippen molar-refractivity contribution in [1.29, 1.82) is 0 Å². The smallest absolute Gasteiger partial charge is 0.158 e. The number of ketones is 1. The molecule has 2 bridgehead atoms. The van der Waals surface area contributed by atoms with Crippen molar-refractivity contribution < 1.29 is 4.79 Å². The molecule has 4 unspecified atom stereocenters. The molecule has 4 heteroatoms. The number of hydrogen-bond acceptors (Lipinski definition) is 1. The highest BCUT2D eigenvalue weighted by molar-refractivity contribution is 9.09. The van der Waals surface area contributed by atoms with Crippen LogP contribution in [0.5, 0.6) is 0 Å². The largest absolute Gasteiger partial charge is 0.297 e. The molecular weight excluding hydrogens is 287 g/mol. The maximum absolute atomic E-state index is 12.1. The SMILES string of the molecule is CC1(CBr)C2CCC1(CCl)C(=O)C2Cl. The van der Waals surface area contributed by atoms with E-state index in [0.29, 0.717) is 11.8 Å². The normalized spacial score (nSPS) is 51.6. The highest BCUT2D eigenvalue weighted by Gasteiger charge is 2.69. The second kappa shape index (κ2) is 3.36. The van der Waals surface area contributed by atoms with Crippen molar-refractivity contribution in [2.75, 3.05) is 11.2 Å². The molecule has 0 radical (unpaired) electrons. The molecule has 0 aliphatic heterocycles. The molecule has 0 spiro atoms. The quantitative estimate of drug-likeness (QED) is 0.716.